The van der Waals surface area contributed by atoms with E-state index in [9.17, 15) is 0 Å². The predicted octanol–water partition coefficient (Wildman–Crippen LogP) is 4.45. The Labute approximate surface area is 97.7 Å². The lowest BCUT2D eigenvalue weighted by Crippen LogP contribution is -2.12. The molecule has 0 spiro atoms. The highest BCUT2D eigenvalue weighted by molar-refractivity contribution is 5.74. The van der Waals surface area contributed by atoms with Crippen molar-refractivity contribution in [2.24, 2.45) is 11.8 Å². The first kappa shape index (κ1) is 9.89. The van der Waals surface area contributed by atoms with Crippen LogP contribution in [0.15, 0.2) is 48.1 Å². The summed E-state index contributed by atoms with van der Waals surface area (Å²) in [5.41, 5.74) is 4.50. The molecule has 0 nitrogen and oxygen atoms in total. The maximum absolute atomic E-state index is 2.43. The standard InChI is InChI=1S/C16H18/c1-12-10-11-13-8-5-9-15(13)16(12)14-6-3-2-4-7-14/h2-4,6-7,10-11,13,15H,5,8-9H2,1H3. The predicted molar refractivity (Wildman–Crippen MR) is 69.0 cm³/mol. The third-order valence-corrected chi connectivity index (χ3v) is 4.04. The molecule has 82 valence electrons. The van der Waals surface area contributed by atoms with E-state index in [1.807, 2.05) is 0 Å². The van der Waals surface area contributed by atoms with Crippen LogP contribution >= 0.6 is 0 Å². The van der Waals surface area contributed by atoms with Crippen molar-refractivity contribution in [2.75, 3.05) is 0 Å². The highest BCUT2D eigenvalue weighted by Gasteiger charge is 2.31. The summed E-state index contributed by atoms with van der Waals surface area (Å²) in [5, 5.41) is 0. The summed E-state index contributed by atoms with van der Waals surface area (Å²) in [6.07, 6.45) is 8.90. The Morgan fingerprint density at radius 1 is 1.06 bits per heavy atom. The Bertz CT molecular complexity index is 436. The molecule has 0 amide bonds. The molecular formula is C16H18. The van der Waals surface area contributed by atoms with Gasteiger partial charge in [0.15, 0.2) is 0 Å². The van der Waals surface area contributed by atoms with Crippen molar-refractivity contribution < 1.29 is 0 Å². The van der Waals surface area contributed by atoms with Gasteiger partial charge in [-0.2, -0.15) is 0 Å². The molecule has 1 saturated carbocycles. The number of allylic oxidation sites excluding steroid dienone is 4. The summed E-state index contributed by atoms with van der Waals surface area (Å²) in [7, 11) is 0. The van der Waals surface area contributed by atoms with Crippen LogP contribution in [0.3, 0.4) is 0 Å². The van der Waals surface area contributed by atoms with Crippen LogP contribution < -0.4 is 0 Å². The van der Waals surface area contributed by atoms with Crippen molar-refractivity contribution in [2.45, 2.75) is 26.2 Å². The van der Waals surface area contributed by atoms with Crippen LogP contribution in [-0.2, 0) is 0 Å². The van der Waals surface area contributed by atoms with Crippen molar-refractivity contribution in [3.05, 3.63) is 53.6 Å². The monoisotopic (exact) mass is 210 g/mol. The van der Waals surface area contributed by atoms with Crippen molar-refractivity contribution in [1.82, 2.24) is 0 Å². The van der Waals surface area contributed by atoms with E-state index in [1.165, 1.54) is 30.4 Å². The van der Waals surface area contributed by atoms with Gasteiger partial charge in [0.2, 0.25) is 0 Å². The minimum atomic E-state index is 0.785. The summed E-state index contributed by atoms with van der Waals surface area (Å²) < 4.78 is 0. The Morgan fingerprint density at radius 2 is 1.88 bits per heavy atom. The van der Waals surface area contributed by atoms with Crippen LogP contribution in [-0.4, -0.2) is 0 Å². The third kappa shape index (κ3) is 1.53. The van der Waals surface area contributed by atoms with Crippen LogP contribution in [0.4, 0.5) is 0 Å². The normalized spacial score (nSPS) is 28.3. The maximum Gasteiger partial charge on any atom is -0.00903 e. The van der Waals surface area contributed by atoms with Gasteiger partial charge in [-0.05, 0) is 48.3 Å². The molecule has 0 saturated heterocycles. The van der Waals surface area contributed by atoms with Gasteiger partial charge in [-0.15, -0.1) is 0 Å². The molecule has 2 aliphatic carbocycles. The molecule has 1 aromatic carbocycles. The van der Waals surface area contributed by atoms with E-state index in [4.69, 9.17) is 0 Å². The van der Waals surface area contributed by atoms with E-state index < -0.39 is 0 Å². The molecule has 1 aromatic rings. The number of fused-ring (bicyclic) bond motifs is 1. The van der Waals surface area contributed by atoms with Crippen molar-refractivity contribution >= 4 is 5.57 Å². The summed E-state index contributed by atoms with van der Waals surface area (Å²) in [6.45, 7) is 2.26. The first-order valence-electron chi connectivity index (χ1n) is 6.30. The highest BCUT2D eigenvalue weighted by atomic mass is 14.4. The molecule has 0 aliphatic heterocycles. The topological polar surface area (TPSA) is 0 Å². The van der Waals surface area contributed by atoms with Crippen molar-refractivity contribution in [3.8, 4) is 0 Å². The molecule has 3 rings (SSSR count). The molecule has 0 N–H and O–H groups in total. The first-order chi connectivity index (χ1) is 7.86. The van der Waals surface area contributed by atoms with Gasteiger partial charge in [-0.25, -0.2) is 0 Å². The largest absolute Gasteiger partial charge is 0.0805 e. The van der Waals surface area contributed by atoms with Crippen LogP contribution in [0, 0.1) is 11.8 Å². The molecule has 0 heteroatoms. The number of hydrogen-bond donors (Lipinski definition) is 0. The molecular weight excluding hydrogens is 192 g/mol. The molecule has 2 unspecified atom stereocenters. The SMILES string of the molecule is CC1=C(c2ccccc2)C2CCCC2C=C1. The van der Waals surface area contributed by atoms with Crippen LogP contribution in [0.2, 0.25) is 0 Å². The second kappa shape index (κ2) is 3.93. The van der Waals surface area contributed by atoms with Crippen LogP contribution in [0.25, 0.3) is 5.57 Å². The average molecular weight is 210 g/mol. The summed E-state index contributed by atoms with van der Waals surface area (Å²) >= 11 is 0. The van der Waals surface area contributed by atoms with E-state index in [2.05, 4.69) is 49.4 Å². The smallest absolute Gasteiger partial charge is 0.00903 e. The van der Waals surface area contributed by atoms with Gasteiger partial charge in [0.1, 0.15) is 0 Å². The fourth-order valence-corrected chi connectivity index (χ4v) is 3.29. The quantitative estimate of drug-likeness (QED) is 0.642. The second-order valence-electron chi connectivity index (χ2n) is 5.02. The third-order valence-electron chi connectivity index (χ3n) is 4.04. The summed E-state index contributed by atoms with van der Waals surface area (Å²) in [6, 6.07) is 10.9. The van der Waals surface area contributed by atoms with E-state index in [1.54, 1.807) is 5.57 Å². The Balaban J connectivity index is 2.07. The molecule has 0 bridgehead atoms. The molecule has 1 fully saturated rings. The van der Waals surface area contributed by atoms with E-state index in [0.717, 1.165) is 11.8 Å². The Hall–Kier alpha value is -1.30. The molecule has 2 aliphatic rings. The maximum atomic E-state index is 2.43. The number of hydrogen-bond acceptors (Lipinski definition) is 0. The Morgan fingerprint density at radius 3 is 2.69 bits per heavy atom. The van der Waals surface area contributed by atoms with E-state index in [-0.39, 0.29) is 0 Å². The second-order valence-corrected chi connectivity index (χ2v) is 5.02. The molecule has 0 heterocycles. The molecule has 0 radical (unpaired) electrons. The number of rotatable bonds is 1. The Kier molecular flexibility index (Phi) is 2.43. The fourth-order valence-electron chi connectivity index (χ4n) is 3.29. The van der Waals surface area contributed by atoms with Gasteiger partial charge in [0.25, 0.3) is 0 Å². The van der Waals surface area contributed by atoms with Crippen molar-refractivity contribution in [1.29, 1.82) is 0 Å². The van der Waals surface area contributed by atoms with Gasteiger partial charge in [0.05, 0.1) is 0 Å². The lowest BCUT2D eigenvalue weighted by atomic mass is 9.78. The van der Waals surface area contributed by atoms with Gasteiger partial charge >= 0.3 is 0 Å². The summed E-state index contributed by atoms with van der Waals surface area (Å²) in [5.74, 6) is 1.59. The van der Waals surface area contributed by atoms with E-state index in [0.29, 0.717) is 0 Å². The van der Waals surface area contributed by atoms with Gasteiger partial charge in [0, 0.05) is 0 Å². The number of benzene rings is 1. The lowest BCUT2D eigenvalue weighted by Gasteiger charge is -2.26. The zero-order chi connectivity index (χ0) is 11.0. The molecule has 0 aromatic heterocycles. The van der Waals surface area contributed by atoms with E-state index >= 15 is 0 Å². The lowest BCUT2D eigenvalue weighted by molar-refractivity contribution is 0.565. The van der Waals surface area contributed by atoms with Crippen LogP contribution in [0.5, 0.6) is 0 Å². The first-order valence-corrected chi connectivity index (χ1v) is 6.30. The minimum absolute atomic E-state index is 0.785. The highest BCUT2D eigenvalue weighted by Crippen LogP contribution is 2.45. The van der Waals surface area contributed by atoms with Gasteiger partial charge in [-0.3, -0.25) is 0 Å². The molecule has 2 atom stereocenters. The zero-order valence-electron chi connectivity index (χ0n) is 9.82. The average Bonchev–Trinajstić information content (AvgIpc) is 2.78. The zero-order valence-corrected chi connectivity index (χ0v) is 9.82. The van der Waals surface area contributed by atoms with Crippen molar-refractivity contribution in [3.63, 3.8) is 0 Å². The minimum Gasteiger partial charge on any atom is -0.0805 e. The van der Waals surface area contributed by atoms with Gasteiger partial charge < -0.3 is 0 Å². The fraction of sp³-hybridized carbons (Fsp3) is 0.375. The van der Waals surface area contributed by atoms with Gasteiger partial charge in [-0.1, -0.05) is 48.9 Å². The summed E-state index contributed by atoms with van der Waals surface area (Å²) in [4.78, 5) is 0. The van der Waals surface area contributed by atoms with Crippen LogP contribution in [0.1, 0.15) is 31.7 Å². The molecule has 16 heavy (non-hydrogen) atoms.